The van der Waals surface area contributed by atoms with Crippen LogP contribution < -0.4 is 10.5 Å². The molecule has 0 atom stereocenters. The number of aromatic nitrogens is 4. The maximum absolute atomic E-state index is 13.7. The van der Waals surface area contributed by atoms with Gasteiger partial charge in [-0.1, -0.05) is 0 Å². The summed E-state index contributed by atoms with van der Waals surface area (Å²) >= 11 is 0. The van der Waals surface area contributed by atoms with Gasteiger partial charge in [-0.15, -0.1) is 0 Å². The number of nitrogen functional groups attached to an aromatic ring is 1. The van der Waals surface area contributed by atoms with Crippen LogP contribution in [-0.2, 0) is 20.0 Å². The predicted octanol–water partition coefficient (Wildman–Crippen LogP) is 1.74. The predicted molar refractivity (Wildman–Crippen MR) is 77.6 cm³/mol. The smallest absolute Gasteiger partial charge is 0.201 e. The summed E-state index contributed by atoms with van der Waals surface area (Å²) in [6, 6.07) is 4.91. The first kappa shape index (κ1) is 13.4. The molecule has 0 fully saturated rings. The van der Waals surface area contributed by atoms with Gasteiger partial charge >= 0.3 is 0 Å². The topological polar surface area (TPSA) is 70.9 Å². The van der Waals surface area contributed by atoms with Gasteiger partial charge in [-0.05, 0) is 6.07 Å². The lowest BCUT2D eigenvalue weighted by molar-refractivity contribution is 0.387. The van der Waals surface area contributed by atoms with Crippen LogP contribution in [0, 0.1) is 5.82 Å². The molecule has 0 saturated heterocycles. The van der Waals surface area contributed by atoms with E-state index >= 15 is 0 Å². The standard InChI is InChI=1S/C14H16FN5O/c1-19-9(3-5-17-19)4-6-20-12-8-13(21-2)10(15)7-11(12)18-14(20)16/h3,5,7-8H,4,6H2,1-2H3,(H2,16,18). The first-order chi connectivity index (χ1) is 10.1. The highest BCUT2D eigenvalue weighted by Crippen LogP contribution is 2.26. The van der Waals surface area contributed by atoms with Crippen molar-refractivity contribution in [2.75, 3.05) is 12.8 Å². The van der Waals surface area contributed by atoms with Crippen molar-refractivity contribution < 1.29 is 9.13 Å². The van der Waals surface area contributed by atoms with Crippen LogP contribution in [-0.4, -0.2) is 26.4 Å². The fourth-order valence-electron chi connectivity index (χ4n) is 2.41. The number of benzene rings is 1. The molecule has 3 rings (SSSR count). The Labute approximate surface area is 120 Å². The molecule has 0 aliphatic rings. The first-order valence-corrected chi connectivity index (χ1v) is 6.56. The van der Waals surface area contributed by atoms with Crippen molar-refractivity contribution in [3.05, 3.63) is 35.9 Å². The van der Waals surface area contributed by atoms with E-state index in [1.165, 1.54) is 13.2 Å². The van der Waals surface area contributed by atoms with Crippen LogP contribution >= 0.6 is 0 Å². The molecule has 2 heterocycles. The van der Waals surface area contributed by atoms with Crippen molar-refractivity contribution in [2.45, 2.75) is 13.0 Å². The third kappa shape index (κ3) is 2.31. The van der Waals surface area contributed by atoms with Crippen molar-refractivity contribution in [3.8, 4) is 5.75 Å². The number of nitrogens with two attached hydrogens (primary N) is 1. The van der Waals surface area contributed by atoms with Crippen LogP contribution in [0.4, 0.5) is 10.3 Å². The molecule has 2 N–H and O–H groups in total. The number of hydrogen-bond acceptors (Lipinski definition) is 4. The Kier molecular flexibility index (Phi) is 3.25. The highest BCUT2D eigenvalue weighted by Gasteiger charge is 2.13. The van der Waals surface area contributed by atoms with E-state index in [1.807, 2.05) is 22.4 Å². The molecule has 0 aliphatic heterocycles. The molecule has 21 heavy (non-hydrogen) atoms. The van der Waals surface area contributed by atoms with Gasteiger partial charge in [0.2, 0.25) is 5.95 Å². The third-order valence-corrected chi connectivity index (χ3v) is 3.57. The number of aryl methyl sites for hydroxylation is 3. The van der Waals surface area contributed by atoms with Crippen molar-refractivity contribution in [3.63, 3.8) is 0 Å². The molecule has 0 aliphatic carbocycles. The Balaban J connectivity index is 1.97. The van der Waals surface area contributed by atoms with E-state index in [0.29, 0.717) is 18.0 Å². The highest BCUT2D eigenvalue weighted by atomic mass is 19.1. The lowest BCUT2D eigenvalue weighted by Gasteiger charge is -2.08. The number of nitrogens with zero attached hydrogens (tertiary/aromatic N) is 4. The van der Waals surface area contributed by atoms with Crippen molar-refractivity contribution >= 4 is 17.0 Å². The van der Waals surface area contributed by atoms with Gasteiger partial charge in [0, 0.05) is 44.0 Å². The molecule has 110 valence electrons. The quantitative estimate of drug-likeness (QED) is 0.794. The second-order valence-corrected chi connectivity index (χ2v) is 4.79. The number of hydrogen-bond donors (Lipinski definition) is 1. The zero-order chi connectivity index (χ0) is 15.0. The van der Waals surface area contributed by atoms with Gasteiger partial charge in [0.1, 0.15) is 0 Å². The molecule has 2 aromatic heterocycles. The summed E-state index contributed by atoms with van der Waals surface area (Å²) < 4.78 is 22.4. The fraction of sp³-hybridized carbons (Fsp3) is 0.286. The molecule has 3 aromatic rings. The Morgan fingerprint density at radius 2 is 2.19 bits per heavy atom. The number of anilines is 1. The third-order valence-electron chi connectivity index (χ3n) is 3.57. The summed E-state index contributed by atoms with van der Waals surface area (Å²) in [6.45, 7) is 0.636. The minimum atomic E-state index is -0.443. The van der Waals surface area contributed by atoms with E-state index < -0.39 is 5.82 Å². The lowest BCUT2D eigenvalue weighted by Crippen LogP contribution is -2.08. The van der Waals surface area contributed by atoms with Crippen LogP contribution in [0.1, 0.15) is 5.69 Å². The molecule has 0 spiro atoms. The van der Waals surface area contributed by atoms with Gasteiger partial charge < -0.3 is 15.0 Å². The SMILES string of the molecule is COc1cc2c(cc1F)nc(N)n2CCc1ccnn1C. The van der Waals surface area contributed by atoms with E-state index in [2.05, 4.69) is 10.1 Å². The average Bonchev–Trinajstić information content (AvgIpc) is 2.98. The Bertz CT molecular complexity index is 792. The van der Waals surface area contributed by atoms with Crippen LogP contribution in [0.25, 0.3) is 11.0 Å². The zero-order valence-corrected chi connectivity index (χ0v) is 11.9. The summed E-state index contributed by atoms with van der Waals surface area (Å²) in [5.41, 5.74) is 8.31. The molecular weight excluding hydrogens is 273 g/mol. The van der Waals surface area contributed by atoms with Crippen molar-refractivity contribution in [1.82, 2.24) is 19.3 Å². The van der Waals surface area contributed by atoms with Gasteiger partial charge in [-0.2, -0.15) is 5.10 Å². The number of ether oxygens (including phenoxy) is 1. The minimum Gasteiger partial charge on any atom is -0.494 e. The number of rotatable bonds is 4. The molecule has 0 radical (unpaired) electrons. The molecule has 6 nitrogen and oxygen atoms in total. The summed E-state index contributed by atoms with van der Waals surface area (Å²) in [5, 5.41) is 4.13. The van der Waals surface area contributed by atoms with Crippen LogP contribution in [0.2, 0.25) is 0 Å². The van der Waals surface area contributed by atoms with Crippen molar-refractivity contribution in [1.29, 1.82) is 0 Å². The maximum Gasteiger partial charge on any atom is 0.201 e. The normalized spacial score (nSPS) is 11.2. The minimum absolute atomic E-state index is 0.184. The molecule has 1 aromatic carbocycles. The summed E-state index contributed by atoms with van der Waals surface area (Å²) in [7, 11) is 3.33. The Hall–Kier alpha value is -2.57. The largest absolute Gasteiger partial charge is 0.494 e. The second-order valence-electron chi connectivity index (χ2n) is 4.79. The molecule has 0 bridgehead atoms. The first-order valence-electron chi connectivity index (χ1n) is 6.56. The molecule has 7 heteroatoms. The van der Waals surface area contributed by atoms with Gasteiger partial charge in [0.05, 0.1) is 18.1 Å². The number of halogens is 1. The summed E-state index contributed by atoms with van der Waals surface area (Å²) in [5.74, 6) is 0.102. The van der Waals surface area contributed by atoms with Gasteiger partial charge in [0.25, 0.3) is 0 Å². The maximum atomic E-state index is 13.7. The van der Waals surface area contributed by atoms with E-state index in [4.69, 9.17) is 10.5 Å². The van der Waals surface area contributed by atoms with E-state index in [-0.39, 0.29) is 5.75 Å². The molecular formula is C14H16FN5O. The van der Waals surface area contributed by atoms with E-state index in [9.17, 15) is 4.39 Å². The van der Waals surface area contributed by atoms with E-state index in [1.54, 1.807) is 12.3 Å². The Morgan fingerprint density at radius 1 is 1.38 bits per heavy atom. The van der Waals surface area contributed by atoms with Gasteiger partial charge in [-0.3, -0.25) is 4.68 Å². The second kappa shape index (κ2) is 5.08. The number of fused-ring (bicyclic) bond motifs is 1. The molecule has 0 unspecified atom stereocenters. The van der Waals surface area contributed by atoms with Crippen LogP contribution in [0.15, 0.2) is 24.4 Å². The van der Waals surface area contributed by atoms with E-state index in [0.717, 1.165) is 17.6 Å². The molecule has 0 saturated carbocycles. The summed E-state index contributed by atoms with van der Waals surface area (Å²) in [6.07, 6.45) is 2.51. The summed E-state index contributed by atoms with van der Waals surface area (Å²) in [4.78, 5) is 4.19. The Morgan fingerprint density at radius 3 is 2.86 bits per heavy atom. The average molecular weight is 289 g/mol. The lowest BCUT2D eigenvalue weighted by atomic mass is 10.2. The van der Waals surface area contributed by atoms with Crippen LogP contribution in [0.3, 0.4) is 0 Å². The zero-order valence-electron chi connectivity index (χ0n) is 11.9. The van der Waals surface area contributed by atoms with Crippen LogP contribution in [0.5, 0.6) is 5.75 Å². The fourth-order valence-corrected chi connectivity index (χ4v) is 2.41. The monoisotopic (exact) mass is 289 g/mol. The number of imidazole rings is 1. The van der Waals surface area contributed by atoms with Crippen molar-refractivity contribution in [2.24, 2.45) is 7.05 Å². The highest BCUT2D eigenvalue weighted by molar-refractivity contribution is 5.80. The number of methoxy groups -OCH3 is 1. The molecule has 0 amide bonds. The van der Waals surface area contributed by atoms with Gasteiger partial charge in [-0.25, -0.2) is 9.37 Å². The van der Waals surface area contributed by atoms with Gasteiger partial charge in [0.15, 0.2) is 11.6 Å².